The second kappa shape index (κ2) is 5.55. The molecule has 0 spiro atoms. The van der Waals surface area contributed by atoms with Gasteiger partial charge in [0.2, 0.25) is 0 Å². The molecule has 1 amide bonds. The number of nitrogens with one attached hydrogen (secondary N) is 1. The Kier molecular flexibility index (Phi) is 4.06. The maximum Gasteiger partial charge on any atom is 0.267 e. The highest BCUT2D eigenvalue weighted by Crippen LogP contribution is 2.18. The Bertz CT molecular complexity index is 389. The van der Waals surface area contributed by atoms with Crippen molar-refractivity contribution in [2.75, 3.05) is 19.6 Å². The number of carbonyl (C=O) groups is 1. The minimum atomic E-state index is 0.0949. The van der Waals surface area contributed by atoms with Crippen molar-refractivity contribution in [2.45, 2.75) is 32.7 Å². The second-order valence-electron chi connectivity index (χ2n) is 4.20. The number of carbonyl (C=O) groups excluding carboxylic acids is 1. The first-order chi connectivity index (χ1) is 8.27. The van der Waals surface area contributed by atoms with Crippen molar-refractivity contribution in [3.63, 3.8) is 0 Å². The zero-order valence-corrected chi connectivity index (χ0v) is 11.1. The van der Waals surface area contributed by atoms with E-state index < -0.39 is 0 Å². The van der Waals surface area contributed by atoms with Gasteiger partial charge in [0, 0.05) is 19.6 Å². The number of nitrogens with zero attached hydrogens (tertiary/aromatic N) is 3. The minimum Gasteiger partial charge on any atom is -0.333 e. The van der Waals surface area contributed by atoms with Crippen molar-refractivity contribution >= 4 is 17.4 Å². The Labute approximate surface area is 105 Å². The molecule has 5 nitrogen and oxygen atoms in total. The van der Waals surface area contributed by atoms with Crippen molar-refractivity contribution in [1.29, 1.82) is 0 Å². The van der Waals surface area contributed by atoms with Gasteiger partial charge in [-0.3, -0.25) is 4.79 Å². The standard InChI is InChI=1S/C11H18N4OS/c1-3-5-9-10(17-14-13-9)11(16)15(4-2)8-6-12-7-8/h8,12H,3-7H2,1-2H3. The molecule has 0 saturated carbocycles. The summed E-state index contributed by atoms with van der Waals surface area (Å²) in [7, 11) is 0. The topological polar surface area (TPSA) is 58.1 Å². The van der Waals surface area contributed by atoms with E-state index in [0.29, 0.717) is 6.04 Å². The molecule has 1 N–H and O–H groups in total. The number of aryl methyl sites for hydroxylation is 1. The highest BCUT2D eigenvalue weighted by atomic mass is 32.1. The van der Waals surface area contributed by atoms with Crippen LogP contribution in [0.2, 0.25) is 0 Å². The van der Waals surface area contributed by atoms with Gasteiger partial charge in [-0.25, -0.2) is 0 Å². The fourth-order valence-electron chi connectivity index (χ4n) is 1.96. The third-order valence-electron chi connectivity index (χ3n) is 3.04. The molecular formula is C11H18N4OS. The lowest BCUT2D eigenvalue weighted by Crippen LogP contribution is -2.58. The van der Waals surface area contributed by atoms with Crippen LogP contribution >= 0.6 is 11.5 Å². The summed E-state index contributed by atoms with van der Waals surface area (Å²) >= 11 is 1.22. The summed E-state index contributed by atoms with van der Waals surface area (Å²) in [4.78, 5) is 15.0. The normalized spacial score (nSPS) is 15.6. The average molecular weight is 254 g/mol. The Morgan fingerprint density at radius 3 is 2.82 bits per heavy atom. The quantitative estimate of drug-likeness (QED) is 0.849. The van der Waals surface area contributed by atoms with Crippen molar-refractivity contribution in [1.82, 2.24) is 19.8 Å². The van der Waals surface area contributed by atoms with Crippen LogP contribution in [0.3, 0.4) is 0 Å². The lowest BCUT2D eigenvalue weighted by molar-refractivity contribution is 0.0634. The van der Waals surface area contributed by atoms with Gasteiger partial charge >= 0.3 is 0 Å². The van der Waals surface area contributed by atoms with Crippen molar-refractivity contribution in [3.05, 3.63) is 10.6 Å². The number of rotatable bonds is 5. The Balaban J connectivity index is 2.13. The number of hydrogen-bond donors (Lipinski definition) is 1. The summed E-state index contributed by atoms with van der Waals surface area (Å²) < 4.78 is 3.91. The predicted octanol–water partition coefficient (Wildman–Crippen LogP) is 0.924. The van der Waals surface area contributed by atoms with Gasteiger partial charge in [0.25, 0.3) is 5.91 Å². The molecule has 1 aliphatic rings. The zero-order valence-electron chi connectivity index (χ0n) is 10.3. The van der Waals surface area contributed by atoms with Crippen LogP contribution in [0.15, 0.2) is 0 Å². The lowest BCUT2D eigenvalue weighted by atomic mass is 10.1. The van der Waals surface area contributed by atoms with E-state index in [0.717, 1.165) is 43.0 Å². The van der Waals surface area contributed by atoms with Gasteiger partial charge in [0.15, 0.2) is 0 Å². The van der Waals surface area contributed by atoms with E-state index >= 15 is 0 Å². The van der Waals surface area contributed by atoms with E-state index in [1.807, 2.05) is 11.8 Å². The third-order valence-corrected chi connectivity index (χ3v) is 3.80. The number of likely N-dealkylation sites (N-methyl/N-ethyl adjacent to an activating group) is 1. The maximum absolute atomic E-state index is 12.4. The number of aromatic nitrogens is 2. The van der Waals surface area contributed by atoms with E-state index in [2.05, 4.69) is 21.8 Å². The summed E-state index contributed by atoms with van der Waals surface area (Å²) in [5, 5.41) is 7.25. The molecule has 1 saturated heterocycles. The van der Waals surface area contributed by atoms with Gasteiger partial charge < -0.3 is 10.2 Å². The fourth-order valence-corrected chi connectivity index (χ4v) is 2.63. The monoisotopic (exact) mass is 254 g/mol. The summed E-state index contributed by atoms with van der Waals surface area (Å²) in [5.74, 6) is 0.0949. The van der Waals surface area contributed by atoms with Crippen LogP contribution in [0, 0.1) is 0 Å². The van der Waals surface area contributed by atoms with Crippen LogP contribution in [-0.4, -0.2) is 46.1 Å². The smallest absolute Gasteiger partial charge is 0.267 e. The van der Waals surface area contributed by atoms with Crippen molar-refractivity contribution in [2.24, 2.45) is 0 Å². The molecule has 6 heteroatoms. The molecule has 0 aromatic carbocycles. The molecule has 1 aromatic heterocycles. The van der Waals surface area contributed by atoms with Gasteiger partial charge in [-0.15, -0.1) is 5.10 Å². The molecule has 94 valence electrons. The largest absolute Gasteiger partial charge is 0.333 e. The Morgan fingerprint density at radius 1 is 1.53 bits per heavy atom. The highest BCUT2D eigenvalue weighted by molar-refractivity contribution is 7.08. The molecule has 1 aliphatic heterocycles. The van der Waals surface area contributed by atoms with Crippen LogP contribution in [0.1, 0.15) is 35.6 Å². The first-order valence-electron chi connectivity index (χ1n) is 6.10. The summed E-state index contributed by atoms with van der Waals surface area (Å²) in [5.41, 5.74) is 0.855. The lowest BCUT2D eigenvalue weighted by Gasteiger charge is -2.37. The first kappa shape index (κ1) is 12.4. The predicted molar refractivity (Wildman–Crippen MR) is 67.3 cm³/mol. The SMILES string of the molecule is CCCc1nnsc1C(=O)N(CC)C1CNC1. The van der Waals surface area contributed by atoms with Crippen LogP contribution in [0.4, 0.5) is 0 Å². The summed E-state index contributed by atoms with van der Waals surface area (Å²) in [6, 6.07) is 0.337. The fraction of sp³-hybridized carbons (Fsp3) is 0.727. The van der Waals surface area contributed by atoms with Crippen molar-refractivity contribution < 1.29 is 4.79 Å². The van der Waals surface area contributed by atoms with Gasteiger partial charge in [0.05, 0.1) is 11.7 Å². The van der Waals surface area contributed by atoms with E-state index in [4.69, 9.17) is 0 Å². The molecule has 17 heavy (non-hydrogen) atoms. The number of amides is 1. The molecule has 2 rings (SSSR count). The molecule has 0 radical (unpaired) electrons. The third kappa shape index (κ3) is 2.47. The van der Waals surface area contributed by atoms with Crippen LogP contribution in [-0.2, 0) is 6.42 Å². The molecule has 0 aliphatic carbocycles. The molecular weight excluding hydrogens is 236 g/mol. The molecule has 0 unspecified atom stereocenters. The van der Waals surface area contributed by atoms with Gasteiger partial charge in [-0.1, -0.05) is 17.8 Å². The van der Waals surface area contributed by atoms with E-state index in [1.54, 1.807) is 0 Å². The van der Waals surface area contributed by atoms with Crippen LogP contribution in [0.5, 0.6) is 0 Å². The molecule has 0 bridgehead atoms. The maximum atomic E-state index is 12.4. The van der Waals surface area contributed by atoms with E-state index in [-0.39, 0.29) is 5.91 Å². The zero-order chi connectivity index (χ0) is 12.3. The first-order valence-corrected chi connectivity index (χ1v) is 6.88. The molecule has 1 fully saturated rings. The number of hydrogen-bond acceptors (Lipinski definition) is 5. The van der Waals surface area contributed by atoms with E-state index in [1.165, 1.54) is 11.5 Å². The second-order valence-corrected chi connectivity index (χ2v) is 4.96. The summed E-state index contributed by atoms with van der Waals surface area (Å²) in [6.45, 7) is 6.64. The minimum absolute atomic E-state index is 0.0949. The highest BCUT2D eigenvalue weighted by Gasteiger charge is 2.30. The summed E-state index contributed by atoms with van der Waals surface area (Å²) in [6.07, 6.45) is 1.82. The van der Waals surface area contributed by atoms with Crippen LogP contribution in [0.25, 0.3) is 0 Å². The average Bonchev–Trinajstić information content (AvgIpc) is 2.71. The van der Waals surface area contributed by atoms with E-state index in [9.17, 15) is 4.79 Å². The van der Waals surface area contributed by atoms with Gasteiger partial charge in [-0.05, 0) is 24.9 Å². The molecule has 1 aromatic rings. The van der Waals surface area contributed by atoms with Gasteiger partial charge in [-0.2, -0.15) is 0 Å². The Hall–Kier alpha value is -1.01. The molecule has 2 heterocycles. The van der Waals surface area contributed by atoms with Crippen molar-refractivity contribution in [3.8, 4) is 0 Å². The van der Waals surface area contributed by atoms with Crippen LogP contribution < -0.4 is 5.32 Å². The van der Waals surface area contributed by atoms with Gasteiger partial charge in [0.1, 0.15) is 4.88 Å². The molecule has 0 atom stereocenters. The Morgan fingerprint density at radius 2 is 2.29 bits per heavy atom.